The molecule has 148 valence electrons. The third-order valence-corrected chi connectivity index (χ3v) is 3.90. The SMILES string of the molecule is COc1cc(/C=C/C(=O)O[C@@H](C)C(=O)Nc2cccc(F)c2)cc(Cl)c1OC. The lowest BCUT2D eigenvalue weighted by molar-refractivity contribution is -0.148. The van der Waals surface area contributed by atoms with Crippen LogP contribution in [0, 0.1) is 5.82 Å². The zero-order valence-electron chi connectivity index (χ0n) is 15.5. The summed E-state index contributed by atoms with van der Waals surface area (Å²) in [7, 11) is 2.93. The fraction of sp³-hybridized carbons (Fsp3) is 0.200. The van der Waals surface area contributed by atoms with Gasteiger partial charge in [-0.2, -0.15) is 0 Å². The quantitative estimate of drug-likeness (QED) is 0.553. The lowest BCUT2D eigenvalue weighted by atomic mass is 10.2. The van der Waals surface area contributed by atoms with Gasteiger partial charge in [-0.1, -0.05) is 17.7 Å². The van der Waals surface area contributed by atoms with E-state index in [-0.39, 0.29) is 5.69 Å². The molecule has 0 fully saturated rings. The lowest BCUT2D eigenvalue weighted by Crippen LogP contribution is -2.29. The Morgan fingerprint density at radius 3 is 2.57 bits per heavy atom. The number of esters is 1. The minimum absolute atomic E-state index is 0.267. The van der Waals surface area contributed by atoms with Crippen LogP contribution in [0.2, 0.25) is 5.02 Å². The second-order valence-corrected chi connectivity index (χ2v) is 6.06. The number of rotatable bonds is 7. The monoisotopic (exact) mass is 407 g/mol. The number of anilines is 1. The molecule has 1 N–H and O–H groups in total. The maximum Gasteiger partial charge on any atom is 0.331 e. The predicted molar refractivity (Wildman–Crippen MR) is 104 cm³/mol. The maximum atomic E-state index is 13.1. The molecule has 1 atom stereocenters. The summed E-state index contributed by atoms with van der Waals surface area (Å²) in [5, 5.41) is 2.79. The van der Waals surface area contributed by atoms with Crippen molar-refractivity contribution in [2.45, 2.75) is 13.0 Å². The molecule has 2 aromatic rings. The number of halogens is 2. The number of nitrogens with one attached hydrogen (secondary N) is 1. The van der Waals surface area contributed by atoms with Gasteiger partial charge in [0, 0.05) is 11.8 Å². The van der Waals surface area contributed by atoms with Gasteiger partial charge in [0.05, 0.1) is 19.2 Å². The van der Waals surface area contributed by atoms with Crippen molar-refractivity contribution in [1.29, 1.82) is 0 Å². The van der Waals surface area contributed by atoms with Crippen LogP contribution in [-0.2, 0) is 14.3 Å². The molecule has 0 aliphatic heterocycles. The highest BCUT2D eigenvalue weighted by Crippen LogP contribution is 2.36. The molecule has 0 radical (unpaired) electrons. The van der Waals surface area contributed by atoms with Crippen molar-refractivity contribution in [2.24, 2.45) is 0 Å². The maximum absolute atomic E-state index is 13.1. The first-order valence-electron chi connectivity index (χ1n) is 8.20. The van der Waals surface area contributed by atoms with Crippen LogP contribution in [0.5, 0.6) is 11.5 Å². The fourth-order valence-electron chi connectivity index (χ4n) is 2.28. The van der Waals surface area contributed by atoms with Crippen molar-refractivity contribution in [3.05, 3.63) is 58.9 Å². The van der Waals surface area contributed by atoms with Gasteiger partial charge in [-0.05, 0) is 48.9 Å². The molecule has 0 aromatic heterocycles. The fourth-order valence-corrected chi connectivity index (χ4v) is 2.57. The summed E-state index contributed by atoms with van der Waals surface area (Å²) >= 11 is 6.11. The highest BCUT2D eigenvalue weighted by molar-refractivity contribution is 6.32. The van der Waals surface area contributed by atoms with Crippen LogP contribution >= 0.6 is 11.6 Å². The Bertz CT molecular complexity index is 900. The number of hydrogen-bond acceptors (Lipinski definition) is 5. The average Bonchev–Trinajstić information content (AvgIpc) is 2.65. The summed E-state index contributed by atoms with van der Waals surface area (Å²) in [6.45, 7) is 1.41. The van der Waals surface area contributed by atoms with Crippen LogP contribution in [0.25, 0.3) is 6.08 Å². The predicted octanol–water partition coefficient (Wildman–Crippen LogP) is 4.08. The number of methoxy groups -OCH3 is 2. The van der Waals surface area contributed by atoms with Crippen LogP contribution in [-0.4, -0.2) is 32.2 Å². The average molecular weight is 408 g/mol. The molecule has 2 rings (SSSR count). The topological polar surface area (TPSA) is 73.9 Å². The summed E-state index contributed by atoms with van der Waals surface area (Å²) in [4.78, 5) is 24.0. The first kappa shape index (κ1) is 21.2. The molecule has 0 unspecified atom stereocenters. The molecule has 8 heteroatoms. The molecule has 0 aliphatic rings. The summed E-state index contributed by atoms with van der Waals surface area (Å²) in [6, 6.07) is 8.62. The first-order valence-corrected chi connectivity index (χ1v) is 8.58. The van der Waals surface area contributed by atoms with Gasteiger partial charge >= 0.3 is 5.97 Å². The Balaban J connectivity index is 1.99. The lowest BCUT2D eigenvalue weighted by Gasteiger charge is -2.12. The molecular formula is C20H19ClFNO5. The van der Waals surface area contributed by atoms with Gasteiger partial charge in [-0.25, -0.2) is 9.18 Å². The van der Waals surface area contributed by atoms with Gasteiger partial charge in [0.1, 0.15) is 5.82 Å². The summed E-state index contributed by atoms with van der Waals surface area (Å²) < 4.78 is 28.5. The Labute approximate surface area is 166 Å². The van der Waals surface area contributed by atoms with Crippen molar-refractivity contribution in [3.63, 3.8) is 0 Å². The summed E-state index contributed by atoms with van der Waals surface area (Å²) in [5.41, 5.74) is 0.847. The highest BCUT2D eigenvalue weighted by Gasteiger charge is 2.17. The van der Waals surface area contributed by atoms with Crippen LogP contribution in [0.15, 0.2) is 42.5 Å². The second kappa shape index (κ2) is 9.75. The van der Waals surface area contributed by atoms with Gasteiger partial charge in [0.15, 0.2) is 17.6 Å². The molecule has 0 saturated carbocycles. The molecule has 28 heavy (non-hydrogen) atoms. The molecule has 0 aliphatic carbocycles. The number of amides is 1. The third-order valence-electron chi connectivity index (χ3n) is 3.62. The van der Waals surface area contributed by atoms with E-state index in [0.29, 0.717) is 22.1 Å². The first-order chi connectivity index (χ1) is 13.3. The summed E-state index contributed by atoms with van der Waals surface area (Å²) in [6.07, 6.45) is 1.55. The normalized spacial score (nSPS) is 11.8. The van der Waals surface area contributed by atoms with Crippen molar-refractivity contribution in [3.8, 4) is 11.5 Å². The molecular weight excluding hydrogens is 389 g/mol. The smallest absolute Gasteiger partial charge is 0.331 e. The molecule has 2 aromatic carbocycles. The zero-order chi connectivity index (χ0) is 20.7. The van der Waals surface area contributed by atoms with Gasteiger partial charge in [0.25, 0.3) is 5.91 Å². The molecule has 6 nitrogen and oxygen atoms in total. The number of hydrogen-bond donors (Lipinski definition) is 1. The van der Waals surface area contributed by atoms with Crippen molar-refractivity contribution in [2.75, 3.05) is 19.5 Å². The van der Waals surface area contributed by atoms with Gasteiger partial charge in [-0.3, -0.25) is 4.79 Å². The molecule has 0 heterocycles. The van der Waals surface area contributed by atoms with E-state index >= 15 is 0 Å². The van der Waals surface area contributed by atoms with Crippen LogP contribution in [0.3, 0.4) is 0 Å². The minimum Gasteiger partial charge on any atom is -0.493 e. The largest absolute Gasteiger partial charge is 0.493 e. The standard InChI is InChI=1S/C20H19ClFNO5/c1-12(20(25)23-15-6-4-5-14(22)11-15)28-18(24)8-7-13-9-16(21)19(27-3)17(10-13)26-2/h4-12H,1-3H3,(H,23,25)/b8-7+/t12-/m0/s1. The van der Waals surface area contributed by atoms with Crippen molar-refractivity contribution >= 4 is 35.2 Å². The van der Waals surface area contributed by atoms with E-state index < -0.39 is 23.8 Å². The van der Waals surface area contributed by atoms with Crippen LogP contribution in [0.1, 0.15) is 12.5 Å². The Morgan fingerprint density at radius 1 is 1.18 bits per heavy atom. The molecule has 0 saturated heterocycles. The van der Waals surface area contributed by atoms with E-state index in [0.717, 1.165) is 12.1 Å². The molecule has 0 bridgehead atoms. The van der Waals surface area contributed by atoms with Crippen LogP contribution < -0.4 is 14.8 Å². The Morgan fingerprint density at radius 2 is 1.93 bits per heavy atom. The number of ether oxygens (including phenoxy) is 3. The van der Waals surface area contributed by atoms with Crippen molar-refractivity contribution < 1.29 is 28.2 Å². The van der Waals surface area contributed by atoms with E-state index in [9.17, 15) is 14.0 Å². The van der Waals surface area contributed by atoms with Gasteiger partial charge in [0.2, 0.25) is 0 Å². The molecule has 1 amide bonds. The highest BCUT2D eigenvalue weighted by atomic mass is 35.5. The zero-order valence-corrected chi connectivity index (χ0v) is 16.2. The van der Waals surface area contributed by atoms with E-state index in [1.807, 2.05) is 0 Å². The Hall–Kier alpha value is -3.06. The van der Waals surface area contributed by atoms with E-state index in [1.165, 1.54) is 45.4 Å². The third kappa shape index (κ3) is 5.72. The van der Waals surface area contributed by atoms with E-state index in [2.05, 4.69) is 5.32 Å². The Kier molecular flexibility index (Phi) is 7.40. The second-order valence-electron chi connectivity index (χ2n) is 5.65. The van der Waals surface area contributed by atoms with Gasteiger partial charge in [-0.15, -0.1) is 0 Å². The van der Waals surface area contributed by atoms with Gasteiger partial charge < -0.3 is 19.5 Å². The van der Waals surface area contributed by atoms with Crippen molar-refractivity contribution in [1.82, 2.24) is 0 Å². The molecule has 0 spiro atoms. The minimum atomic E-state index is -1.07. The van der Waals surface area contributed by atoms with E-state index in [1.54, 1.807) is 12.1 Å². The van der Waals surface area contributed by atoms with E-state index in [4.69, 9.17) is 25.8 Å². The number of benzene rings is 2. The summed E-state index contributed by atoms with van der Waals surface area (Å²) in [5.74, 6) is -1.01. The van der Waals surface area contributed by atoms with Crippen LogP contribution in [0.4, 0.5) is 10.1 Å². The number of carbonyl (C=O) groups is 2. The number of carbonyl (C=O) groups excluding carboxylic acids is 2.